The molecule has 1 N–H and O–H groups in total. The van der Waals surface area contributed by atoms with Crippen molar-refractivity contribution in [2.45, 2.75) is 20.3 Å². The van der Waals surface area contributed by atoms with Crippen LogP contribution in [-0.2, 0) is 4.79 Å². The molecule has 2 heterocycles. The molecule has 3 rings (SSSR count). The Bertz CT molecular complexity index is 973. The first-order chi connectivity index (χ1) is 14.1. The van der Waals surface area contributed by atoms with Crippen molar-refractivity contribution in [1.82, 2.24) is 9.97 Å². The van der Waals surface area contributed by atoms with Crippen molar-refractivity contribution < 1.29 is 24.1 Å². The van der Waals surface area contributed by atoms with E-state index in [0.29, 0.717) is 36.3 Å². The first-order valence-corrected chi connectivity index (χ1v) is 10.2. The number of carboxylic acids is 1. The van der Waals surface area contributed by atoms with Crippen LogP contribution in [0.1, 0.15) is 20.3 Å². The van der Waals surface area contributed by atoms with Crippen LogP contribution in [0.3, 0.4) is 0 Å². The fraction of sp³-hybridized carbons (Fsp3) is 0.286. The standard InChI is InChI=1S/C21H22N2O5S/c1-3-26-17-9-8-14(12-18(17)27-4-2)21-23-16(13-29-21)15-6-5-7-19(22-15)28-11-10-20(24)25/h5-9,12-13H,3-4,10-11H2,1-2H3,(H,24,25). The number of pyridine rings is 1. The zero-order chi connectivity index (χ0) is 20.6. The number of carboxylic acid groups (broad SMARTS) is 1. The fourth-order valence-electron chi connectivity index (χ4n) is 2.59. The van der Waals surface area contributed by atoms with E-state index in [9.17, 15) is 4.79 Å². The molecule has 0 aliphatic rings. The number of aliphatic carboxylic acids is 1. The van der Waals surface area contributed by atoms with Gasteiger partial charge in [0.05, 0.1) is 25.3 Å². The van der Waals surface area contributed by atoms with Gasteiger partial charge in [0.1, 0.15) is 17.3 Å². The Balaban J connectivity index is 1.80. The predicted molar refractivity (Wildman–Crippen MR) is 111 cm³/mol. The number of carbonyl (C=O) groups is 1. The van der Waals surface area contributed by atoms with Gasteiger partial charge in [0.2, 0.25) is 5.88 Å². The second-order valence-corrected chi connectivity index (χ2v) is 6.78. The third-order valence-corrected chi connectivity index (χ3v) is 4.74. The average molecular weight is 414 g/mol. The van der Waals surface area contributed by atoms with Crippen LogP contribution in [0, 0.1) is 0 Å². The van der Waals surface area contributed by atoms with Gasteiger partial charge < -0.3 is 19.3 Å². The Morgan fingerprint density at radius 2 is 1.79 bits per heavy atom. The lowest BCUT2D eigenvalue weighted by Crippen LogP contribution is -2.05. The number of benzene rings is 1. The summed E-state index contributed by atoms with van der Waals surface area (Å²) in [6.07, 6.45) is -0.0767. The van der Waals surface area contributed by atoms with Gasteiger partial charge in [0, 0.05) is 17.0 Å². The summed E-state index contributed by atoms with van der Waals surface area (Å²) in [4.78, 5) is 19.7. The molecule has 0 saturated heterocycles. The van der Waals surface area contributed by atoms with Crippen molar-refractivity contribution in [2.75, 3.05) is 19.8 Å². The van der Waals surface area contributed by atoms with Crippen molar-refractivity contribution in [3.63, 3.8) is 0 Å². The summed E-state index contributed by atoms with van der Waals surface area (Å²) in [6, 6.07) is 11.1. The van der Waals surface area contributed by atoms with E-state index in [1.807, 2.05) is 49.6 Å². The second-order valence-electron chi connectivity index (χ2n) is 5.92. The maximum atomic E-state index is 10.6. The molecule has 0 amide bonds. The minimum Gasteiger partial charge on any atom is -0.490 e. The lowest BCUT2D eigenvalue weighted by Gasteiger charge is -2.11. The highest BCUT2D eigenvalue weighted by atomic mass is 32.1. The minimum absolute atomic E-state index is 0.0699. The van der Waals surface area contributed by atoms with E-state index in [1.54, 1.807) is 6.07 Å². The van der Waals surface area contributed by atoms with Gasteiger partial charge in [-0.1, -0.05) is 6.07 Å². The third-order valence-electron chi connectivity index (χ3n) is 3.85. The van der Waals surface area contributed by atoms with Gasteiger partial charge in [-0.3, -0.25) is 4.79 Å². The van der Waals surface area contributed by atoms with Crippen LogP contribution < -0.4 is 14.2 Å². The SMILES string of the molecule is CCOc1ccc(-c2nc(-c3cccc(OCCC(=O)O)n3)cs2)cc1OCC. The maximum Gasteiger partial charge on any atom is 0.306 e. The van der Waals surface area contributed by atoms with E-state index in [1.165, 1.54) is 11.3 Å². The summed E-state index contributed by atoms with van der Waals surface area (Å²) < 4.78 is 16.7. The van der Waals surface area contributed by atoms with Crippen LogP contribution >= 0.6 is 11.3 Å². The fourth-order valence-corrected chi connectivity index (χ4v) is 3.40. The minimum atomic E-state index is -0.910. The van der Waals surface area contributed by atoms with Crippen molar-refractivity contribution in [3.8, 4) is 39.3 Å². The van der Waals surface area contributed by atoms with Gasteiger partial charge in [0.15, 0.2) is 11.5 Å². The quantitative estimate of drug-likeness (QED) is 0.521. The zero-order valence-electron chi connectivity index (χ0n) is 16.3. The van der Waals surface area contributed by atoms with Crippen LogP contribution in [-0.4, -0.2) is 40.9 Å². The summed E-state index contributed by atoms with van der Waals surface area (Å²) in [5, 5.41) is 11.5. The van der Waals surface area contributed by atoms with E-state index in [4.69, 9.17) is 19.3 Å². The Hall–Kier alpha value is -3.13. The third kappa shape index (κ3) is 5.45. The Kier molecular flexibility index (Phi) is 7.02. The van der Waals surface area contributed by atoms with Crippen LogP contribution in [0.5, 0.6) is 17.4 Å². The molecule has 0 saturated carbocycles. The first kappa shape index (κ1) is 20.6. The number of hydrogen-bond acceptors (Lipinski definition) is 7. The lowest BCUT2D eigenvalue weighted by atomic mass is 10.2. The molecule has 7 nitrogen and oxygen atoms in total. The smallest absolute Gasteiger partial charge is 0.306 e. The highest BCUT2D eigenvalue weighted by Crippen LogP contribution is 2.35. The Morgan fingerprint density at radius 1 is 1.00 bits per heavy atom. The molecule has 8 heteroatoms. The molecule has 0 radical (unpaired) electrons. The van der Waals surface area contributed by atoms with Crippen molar-refractivity contribution in [3.05, 3.63) is 41.8 Å². The molecule has 0 unspecified atom stereocenters. The van der Waals surface area contributed by atoms with Gasteiger partial charge >= 0.3 is 5.97 Å². The predicted octanol–water partition coefficient (Wildman–Crippen LogP) is 4.52. The van der Waals surface area contributed by atoms with Crippen molar-refractivity contribution in [1.29, 1.82) is 0 Å². The number of hydrogen-bond donors (Lipinski definition) is 1. The van der Waals surface area contributed by atoms with Crippen molar-refractivity contribution in [2.24, 2.45) is 0 Å². The monoisotopic (exact) mass is 414 g/mol. The normalized spacial score (nSPS) is 10.6. The summed E-state index contributed by atoms with van der Waals surface area (Å²) in [5.74, 6) is 0.864. The molecular formula is C21H22N2O5S. The highest BCUT2D eigenvalue weighted by molar-refractivity contribution is 7.13. The number of nitrogens with zero attached hydrogens (tertiary/aromatic N) is 2. The summed E-state index contributed by atoms with van der Waals surface area (Å²) in [5.41, 5.74) is 2.32. The van der Waals surface area contributed by atoms with Gasteiger partial charge in [0.25, 0.3) is 0 Å². The van der Waals surface area contributed by atoms with Crippen LogP contribution in [0.2, 0.25) is 0 Å². The molecule has 2 aromatic heterocycles. The Labute approximate surface area is 172 Å². The second kappa shape index (κ2) is 9.88. The zero-order valence-corrected chi connectivity index (χ0v) is 17.1. The average Bonchev–Trinajstić information content (AvgIpc) is 3.20. The molecule has 3 aromatic rings. The molecule has 29 heavy (non-hydrogen) atoms. The maximum absolute atomic E-state index is 10.6. The van der Waals surface area contributed by atoms with E-state index < -0.39 is 5.97 Å². The van der Waals surface area contributed by atoms with E-state index in [0.717, 1.165) is 16.3 Å². The van der Waals surface area contributed by atoms with Crippen molar-refractivity contribution >= 4 is 17.3 Å². The van der Waals surface area contributed by atoms with Crippen LogP contribution in [0.15, 0.2) is 41.8 Å². The van der Waals surface area contributed by atoms with Gasteiger partial charge in [-0.05, 0) is 38.1 Å². The molecular weight excluding hydrogens is 392 g/mol. The summed E-state index contributed by atoms with van der Waals surface area (Å²) in [7, 11) is 0. The molecule has 0 spiro atoms. The van der Waals surface area contributed by atoms with Gasteiger partial charge in [-0.2, -0.15) is 0 Å². The van der Waals surface area contributed by atoms with Gasteiger partial charge in [-0.15, -0.1) is 11.3 Å². The number of aromatic nitrogens is 2. The first-order valence-electron chi connectivity index (χ1n) is 9.28. The van der Waals surface area contributed by atoms with E-state index in [-0.39, 0.29) is 13.0 Å². The number of thiazole rings is 1. The van der Waals surface area contributed by atoms with Gasteiger partial charge in [-0.25, -0.2) is 9.97 Å². The molecule has 0 fully saturated rings. The lowest BCUT2D eigenvalue weighted by molar-refractivity contribution is -0.137. The molecule has 0 aliphatic carbocycles. The highest BCUT2D eigenvalue weighted by Gasteiger charge is 2.12. The summed E-state index contributed by atoms with van der Waals surface area (Å²) >= 11 is 1.51. The topological polar surface area (TPSA) is 90.8 Å². The molecule has 0 aliphatic heterocycles. The molecule has 1 aromatic carbocycles. The number of rotatable bonds is 10. The Morgan fingerprint density at radius 3 is 2.55 bits per heavy atom. The molecule has 0 bridgehead atoms. The molecule has 152 valence electrons. The van der Waals surface area contributed by atoms with E-state index in [2.05, 4.69) is 9.97 Å². The van der Waals surface area contributed by atoms with E-state index >= 15 is 0 Å². The van der Waals surface area contributed by atoms with Crippen LogP contribution in [0.4, 0.5) is 0 Å². The largest absolute Gasteiger partial charge is 0.490 e. The summed E-state index contributed by atoms with van der Waals surface area (Å²) in [6.45, 7) is 5.05. The number of ether oxygens (including phenoxy) is 3. The van der Waals surface area contributed by atoms with Crippen LogP contribution in [0.25, 0.3) is 22.0 Å². The molecule has 0 atom stereocenters.